The van der Waals surface area contributed by atoms with Gasteiger partial charge in [0.2, 0.25) is 0 Å². The molecule has 4 nitrogen and oxygen atoms in total. The fraction of sp³-hybridized carbons (Fsp3) is 0.333. The van der Waals surface area contributed by atoms with Crippen molar-refractivity contribution < 1.29 is 19.4 Å². The predicted octanol–water partition coefficient (Wildman–Crippen LogP) is 1.31. The first kappa shape index (κ1) is 10.7. The van der Waals surface area contributed by atoms with E-state index in [1.54, 1.807) is 6.07 Å². The van der Waals surface area contributed by atoms with Crippen LogP contribution in [0.4, 0.5) is 0 Å². The fourth-order valence-corrected chi connectivity index (χ4v) is 2.03. The molecule has 2 rings (SSSR count). The second-order valence-corrected chi connectivity index (χ2v) is 3.89. The number of phenolic OH excluding ortho intramolecular Hbond substituents is 1. The molecule has 1 aromatic rings. The molecule has 0 aliphatic heterocycles. The summed E-state index contributed by atoms with van der Waals surface area (Å²) in [6.07, 6.45) is 0.632. The molecule has 84 valence electrons. The molecular formula is C12H12O4. The average Bonchev–Trinajstić information content (AvgIpc) is 2.27. The lowest BCUT2D eigenvalue weighted by atomic mass is 9.83. The second-order valence-electron chi connectivity index (χ2n) is 3.89. The van der Waals surface area contributed by atoms with Crippen molar-refractivity contribution in [1.29, 1.82) is 0 Å². The highest BCUT2D eigenvalue weighted by atomic mass is 16.5. The van der Waals surface area contributed by atoms with E-state index in [4.69, 9.17) is 0 Å². The standard InChI is InChI=1S/C12H12O4/c1-16-12(15)8-4-7-5-9(13)2-3-10(7)11(14)6-8/h2-3,5,8,13H,4,6H2,1H3. The maximum Gasteiger partial charge on any atom is 0.309 e. The maximum atomic E-state index is 11.7. The number of carbonyl (C=O) groups excluding carboxylic acids is 2. The Balaban J connectivity index is 2.34. The van der Waals surface area contributed by atoms with Crippen molar-refractivity contribution in [3.63, 3.8) is 0 Å². The van der Waals surface area contributed by atoms with E-state index in [0.29, 0.717) is 17.5 Å². The van der Waals surface area contributed by atoms with Crippen LogP contribution in [0.2, 0.25) is 0 Å². The van der Waals surface area contributed by atoms with E-state index in [9.17, 15) is 14.7 Å². The van der Waals surface area contributed by atoms with Gasteiger partial charge in [-0.25, -0.2) is 0 Å². The molecule has 0 fully saturated rings. The SMILES string of the molecule is COC(=O)C1CC(=O)c2ccc(O)cc2C1. The van der Waals surface area contributed by atoms with Gasteiger partial charge in [0.1, 0.15) is 5.75 Å². The molecule has 0 amide bonds. The zero-order valence-corrected chi connectivity index (χ0v) is 8.90. The summed E-state index contributed by atoms with van der Waals surface area (Å²) in [7, 11) is 1.31. The Morgan fingerprint density at radius 2 is 2.19 bits per heavy atom. The van der Waals surface area contributed by atoms with Crippen molar-refractivity contribution >= 4 is 11.8 Å². The van der Waals surface area contributed by atoms with Crippen LogP contribution in [0.3, 0.4) is 0 Å². The molecule has 0 heterocycles. The van der Waals surface area contributed by atoms with E-state index in [0.717, 1.165) is 0 Å². The number of rotatable bonds is 1. The first-order chi connectivity index (χ1) is 7.61. The highest BCUT2D eigenvalue weighted by Gasteiger charge is 2.30. The predicted molar refractivity (Wildman–Crippen MR) is 56.3 cm³/mol. The number of carbonyl (C=O) groups is 2. The summed E-state index contributed by atoms with van der Waals surface area (Å²) in [4.78, 5) is 23.1. The topological polar surface area (TPSA) is 63.6 Å². The van der Waals surface area contributed by atoms with Gasteiger partial charge in [-0.05, 0) is 30.2 Å². The molecule has 1 unspecified atom stereocenters. The summed E-state index contributed by atoms with van der Waals surface area (Å²) in [5.74, 6) is -0.761. The van der Waals surface area contributed by atoms with E-state index < -0.39 is 5.92 Å². The fourth-order valence-electron chi connectivity index (χ4n) is 2.03. The number of hydrogen-bond donors (Lipinski definition) is 1. The summed E-state index contributed by atoms with van der Waals surface area (Å²) < 4.78 is 4.63. The number of ketones is 1. The largest absolute Gasteiger partial charge is 0.508 e. The summed E-state index contributed by atoms with van der Waals surface area (Å²) in [5.41, 5.74) is 1.31. The number of esters is 1. The Labute approximate surface area is 92.8 Å². The Bertz CT molecular complexity index is 450. The van der Waals surface area contributed by atoms with Crippen molar-refractivity contribution in [3.8, 4) is 5.75 Å². The third kappa shape index (κ3) is 1.78. The number of methoxy groups -OCH3 is 1. The van der Waals surface area contributed by atoms with Crippen LogP contribution < -0.4 is 0 Å². The summed E-state index contributed by atoms with van der Waals surface area (Å²) in [6.45, 7) is 0. The lowest BCUT2D eigenvalue weighted by Crippen LogP contribution is -2.27. The van der Waals surface area contributed by atoms with Crippen molar-refractivity contribution in [3.05, 3.63) is 29.3 Å². The van der Waals surface area contributed by atoms with Crippen LogP contribution >= 0.6 is 0 Å². The van der Waals surface area contributed by atoms with Crippen molar-refractivity contribution in [1.82, 2.24) is 0 Å². The minimum Gasteiger partial charge on any atom is -0.508 e. The average molecular weight is 220 g/mol. The van der Waals surface area contributed by atoms with Gasteiger partial charge in [-0.1, -0.05) is 0 Å². The molecule has 0 spiro atoms. The lowest BCUT2D eigenvalue weighted by Gasteiger charge is -2.21. The molecule has 0 bridgehead atoms. The molecule has 1 aromatic carbocycles. The Morgan fingerprint density at radius 1 is 1.44 bits per heavy atom. The van der Waals surface area contributed by atoms with Crippen molar-refractivity contribution in [2.75, 3.05) is 7.11 Å². The summed E-state index contributed by atoms with van der Waals surface area (Å²) in [5, 5.41) is 9.33. The molecule has 4 heteroatoms. The number of hydrogen-bond acceptors (Lipinski definition) is 4. The smallest absolute Gasteiger partial charge is 0.309 e. The van der Waals surface area contributed by atoms with Gasteiger partial charge in [-0.15, -0.1) is 0 Å². The van der Waals surface area contributed by atoms with Gasteiger partial charge in [0, 0.05) is 12.0 Å². The molecule has 0 saturated heterocycles. The first-order valence-electron chi connectivity index (χ1n) is 5.04. The highest BCUT2D eigenvalue weighted by molar-refractivity contribution is 6.01. The van der Waals surface area contributed by atoms with Gasteiger partial charge < -0.3 is 9.84 Å². The van der Waals surface area contributed by atoms with Crippen LogP contribution in [0, 0.1) is 5.92 Å². The molecule has 1 atom stereocenters. The summed E-state index contributed by atoms with van der Waals surface area (Å²) in [6, 6.07) is 4.61. The number of fused-ring (bicyclic) bond motifs is 1. The van der Waals surface area contributed by atoms with E-state index in [1.165, 1.54) is 19.2 Å². The third-order valence-electron chi connectivity index (χ3n) is 2.82. The number of ether oxygens (including phenoxy) is 1. The van der Waals surface area contributed by atoms with E-state index in [2.05, 4.69) is 4.74 Å². The maximum absolute atomic E-state index is 11.7. The summed E-state index contributed by atoms with van der Waals surface area (Å²) >= 11 is 0. The molecule has 0 saturated carbocycles. The Kier molecular flexibility index (Phi) is 2.64. The number of aromatic hydroxyl groups is 1. The highest BCUT2D eigenvalue weighted by Crippen LogP contribution is 2.28. The van der Waals surface area contributed by atoms with Gasteiger partial charge in [-0.2, -0.15) is 0 Å². The van der Waals surface area contributed by atoms with Crippen molar-refractivity contribution in [2.24, 2.45) is 5.92 Å². The molecule has 1 N–H and O–H groups in total. The number of phenols is 1. The van der Waals surface area contributed by atoms with Crippen LogP contribution in [0.15, 0.2) is 18.2 Å². The molecular weight excluding hydrogens is 208 g/mol. The molecule has 1 aliphatic rings. The zero-order valence-electron chi connectivity index (χ0n) is 8.90. The third-order valence-corrected chi connectivity index (χ3v) is 2.82. The molecule has 1 aliphatic carbocycles. The van der Waals surface area contributed by atoms with Crippen LogP contribution in [-0.2, 0) is 16.0 Å². The van der Waals surface area contributed by atoms with Crippen LogP contribution in [0.1, 0.15) is 22.3 Å². The molecule has 0 radical (unpaired) electrons. The van der Waals surface area contributed by atoms with Crippen LogP contribution in [-0.4, -0.2) is 24.0 Å². The van der Waals surface area contributed by atoms with Crippen LogP contribution in [0.25, 0.3) is 0 Å². The van der Waals surface area contributed by atoms with Gasteiger partial charge >= 0.3 is 5.97 Å². The number of Topliss-reactive ketones (excluding diaryl/α,β-unsaturated/α-hetero) is 1. The molecule has 16 heavy (non-hydrogen) atoms. The minimum absolute atomic E-state index is 0.0725. The van der Waals surface area contributed by atoms with E-state index >= 15 is 0 Å². The monoisotopic (exact) mass is 220 g/mol. The minimum atomic E-state index is -0.424. The Hall–Kier alpha value is -1.84. The zero-order chi connectivity index (χ0) is 11.7. The number of benzene rings is 1. The Morgan fingerprint density at radius 3 is 2.88 bits per heavy atom. The first-order valence-corrected chi connectivity index (χ1v) is 5.04. The van der Waals surface area contributed by atoms with Crippen LogP contribution in [0.5, 0.6) is 5.75 Å². The van der Waals surface area contributed by atoms with Crippen molar-refractivity contribution in [2.45, 2.75) is 12.8 Å². The normalized spacial score (nSPS) is 19.1. The van der Waals surface area contributed by atoms with Gasteiger partial charge in [0.05, 0.1) is 13.0 Å². The quantitative estimate of drug-likeness (QED) is 0.725. The van der Waals surface area contributed by atoms with Gasteiger partial charge in [0.15, 0.2) is 5.78 Å². The van der Waals surface area contributed by atoms with Gasteiger partial charge in [0.25, 0.3) is 0 Å². The van der Waals surface area contributed by atoms with E-state index in [-0.39, 0.29) is 23.9 Å². The lowest BCUT2D eigenvalue weighted by molar-refractivity contribution is -0.145. The second kappa shape index (κ2) is 3.96. The van der Waals surface area contributed by atoms with Gasteiger partial charge in [-0.3, -0.25) is 9.59 Å². The molecule has 0 aromatic heterocycles. The van der Waals surface area contributed by atoms with E-state index in [1.807, 2.05) is 0 Å².